The maximum Gasteiger partial charge on any atom is 0.300 e. The van der Waals surface area contributed by atoms with E-state index in [1.54, 1.807) is 0 Å². The van der Waals surface area contributed by atoms with Gasteiger partial charge in [0.1, 0.15) is 0 Å². The van der Waals surface area contributed by atoms with E-state index >= 15 is 0 Å². The zero-order chi connectivity index (χ0) is 32.6. The maximum atomic E-state index is 9.00. The van der Waals surface area contributed by atoms with Crippen LogP contribution < -0.4 is 0 Å². The highest BCUT2D eigenvalue weighted by molar-refractivity contribution is 5.64. The molecular weight excluding hydrogens is 496 g/mol. The molecule has 8 N–H and O–H groups in total. The minimum atomic E-state index is -0.833. The fourth-order valence-electron chi connectivity index (χ4n) is 0. The molecule has 0 aliphatic carbocycles. The van der Waals surface area contributed by atoms with E-state index in [9.17, 15) is 0 Å². The van der Waals surface area contributed by atoms with Crippen molar-refractivity contribution in [3.8, 4) is 0 Å². The standard InChI is InChI=1S/8C2H4O2.2C2H6/c8*1-2(3)4;2*1-2/h8*1H3,(H,3,4);2*1-2H3. The van der Waals surface area contributed by atoms with Gasteiger partial charge < -0.3 is 40.9 Å². The highest BCUT2D eigenvalue weighted by Gasteiger charge is 1.68. The Bertz CT molecular complexity index is 364. The Morgan fingerprint density at radius 1 is 0.250 bits per heavy atom. The molecule has 0 aromatic heterocycles. The summed E-state index contributed by atoms with van der Waals surface area (Å²) in [4.78, 5) is 72.0. The van der Waals surface area contributed by atoms with Crippen molar-refractivity contribution in [1.29, 1.82) is 0 Å². The van der Waals surface area contributed by atoms with Gasteiger partial charge in [0.25, 0.3) is 47.8 Å². The average molecular weight is 541 g/mol. The van der Waals surface area contributed by atoms with Crippen molar-refractivity contribution in [3.63, 3.8) is 0 Å². The van der Waals surface area contributed by atoms with Crippen LogP contribution in [0.1, 0.15) is 83.1 Å². The van der Waals surface area contributed by atoms with Crippen LogP contribution in [0.25, 0.3) is 0 Å². The van der Waals surface area contributed by atoms with Gasteiger partial charge in [-0.2, -0.15) is 0 Å². The van der Waals surface area contributed by atoms with Crippen molar-refractivity contribution in [3.05, 3.63) is 0 Å². The molecule has 36 heavy (non-hydrogen) atoms. The lowest BCUT2D eigenvalue weighted by atomic mass is 10.9. The first-order valence-electron chi connectivity index (χ1n) is 9.42. The molecule has 0 aliphatic heterocycles. The van der Waals surface area contributed by atoms with Gasteiger partial charge in [0.05, 0.1) is 0 Å². The number of hydrogen-bond donors (Lipinski definition) is 8. The van der Waals surface area contributed by atoms with E-state index in [-0.39, 0.29) is 0 Å². The van der Waals surface area contributed by atoms with Crippen molar-refractivity contribution in [2.24, 2.45) is 0 Å². The van der Waals surface area contributed by atoms with Crippen molar-refractivity contribution >= 4 is 47.8 Å². The van der Waals surface area contributed by atoms with Crippen LogP contribution >= 0.6 is 0 Å². The first kappa shape index (κ1) is 63.5. The molecule has 0 saturated carbocycles. The van der Waals surface area contributed by atoms with Gasteiger partial charge in [-0.25, -0.2) is 0 Å². The van der Waals surface area contributed by atoms with Crippen LogP contribution in [0.2, 0.25) is 0 Å². The quantitative estimate of drug-likeness (QED) is 0.219. The molecule has 0 fully saturated rings. The largest absolute Gasteiger partial charge is 0.481 e. The number of hydrogen-bond acceptors (Lipinski definition) is 8. The summed E-state index contributed by atoms with van der Waals surface area (Å²) >= 11 is 0. The fraction of sp³-hybridized carbons (Fsp3) is 0.600. The van der Waals surface area contributed by atoms with Gasteiger partial charge >= 0.3 is 0 Å². The molecule has 0 rings (SSSR count). The van der Waals surface area contributed by atoms with E-state index in [0.717, 1.165) is 55.4 Å². The van der Waals surface area contributed by atoms with Gasteiger partial charge in [0, 0.05) is 55.4 Å². The molecule has 16 heteroatoms. The second-order valence-corrected chi connectivity index (χ2v) is 4.15. The van der Waals surface area contributed by atoms with E-state index in [2.05, 4.69) is 0 Å². The molecule has 0 unspecified atom stereocenters. The lowest BCUT2D eigenvalue weighted by molar-refractivity contribution is -0.135. The third kappa shape index (κ3) is 1370. The summed E-state index contributed by atoms with van der Waals surface area (Å²) in [6.45, 7) is 16.7. The molecule has 16 nitrogen and oxygen atoms in total. The summed E-state index contributed by atoms with van der Waals surface area (Å²) in [5, 5.41) is 59.3. The Morgan fingerprint density at radius 2 is 0.250 bits per heavy atom. The molecule has 0 saturated heterocycles. The average Bonchev–Trinajstić information content (AvgIpc) is 2.53. The van der Waals surface area contributed by atoms with E-state index in [1.165, 1.54) is 0 Å². The minimum Gasteiger partial charge on any atom is -0.481 e. The number of carbonyl (C=O) groups is 8. The maximum absolute atomic E-state index is 9.00. The van der Waals surface area contributed by atoms with E-state index in [4.69, 9.17) is 79.2 Å². The predicted octanol–water partition coefficient (Wildman–Crippen LogP) is 2.78. The molecule has 0 bridgehead atoms. The van der Waals surface area contributed by atoms with E-state index in [0.29, 0.717) is 0 Å². The van der Waals surface area contributed by atoms with Crippen LogP contribution in [0.15, 0.2) is 0 Å². The second-order valence-electron chi connectivity index (χ2n) is 4.15. The van der Waals surface area contributed by atoms with Gasteiger partial charge in [0.2, 0.25) is 0 Å². The first-order valence-corrected chi connectivity index (χ1v) is 9.42. The SMILES string of the molecule is CC.CC.CC(=O)O.CC(=O)O.CC(=O)O.CC(=O)O.CC(=O)O.CC(=O)O.CC(=O)O.CC(=O)O. The number of aliphatic carboxylic acids is 8. The summed E-state index contributed by atoms with van der Waals surface area (Å²) in [7, 11) is 0. The van der Waals surface area contributed by atoms with Crippen LogP contribution in [0.5, 0.6) is 0 Å². The fourth-order valence-corrected chi connectivity index (χ4v) is 0. The Hall–Kier alpha value is -4.24. The van der Waals surface area contributed by atoms with Gasteiger partial charge in [0.15, 0.2) is 0 Å². The molecule has 0 aromatic rings. The highest BCUT2D eigenvalue weighted by Crippen LogP contribution is 1.44. The Balaban J connectivity index is -0.0000000263. The topological polar surface area (TPSA) is 298 Å². The smallest absolute Gasteiger partial charge is 0.300 e. The minimum absolute atomic E-state index is 0.833. The Labute approximate surface area is 210 Å². The molecular formula is C20H44O16. The van der Waals surface area contributed by atoms with Crippen molar-refractivity contribution in [1.82, 2.24) is 0 Å². The predicted molar refractivity (Wildman–Crippen MR) is 129 cm³/mol. The lowest BCUT2D eigenvalue weighted by Gasteiger charge is -1.59. The normalized spacial score (nSPS) is 5.89. The molecule has 0 aromatic carbocycles. The van der Waals surface area contributed by atoms with Gasteiger partial charge in [-0.3, -0.25) is 38.4 Å². The number of carboxylic acids is 8. The third-order valence-electron chi connectivity index (χ3n) is 0. The van der Waals surface area contributed by atoms with Crippen molar-refractivity contribution in [2.75, 3.05) is 0 Å². The zero-order valence-electron chi connectivity index (χ0n) is 22.8. The lowest BCUT2D eigenvalue weighted by Crippen LogP contribution is -1.78. The summed E-state index contributed by atoms with van der Waals surface area (Å²) < 4.78 is 0. The van der Waals surface area contributed by atoms with Gasteiger partial charge in [-0.1, -0.05) is 27.7 Å². The van der Waals surface area contributed by atoms with Gasteiger partial charge in [-0.05, 0) is 0 Å². The van der Waals surface area contributed by atoms with E-state index < -0.39 is 47.8 Å². The summed E-state index contributed by atoms with van der Waals surface area (Å²) in [5.41, 5.74) is 0. The van der Waals surface area contributed by atoms with Crippen LogP contribution in [-0.2, 0) is 38.4 Å². The molecule has 0 radical (unpaired) electrons. The van der Waals surface area contributed by atoms with Crippen LogP contribution in [0.4, 0.5) is 0 Å². The molecule has 0 atom stereocenters. The summed E-state index contributed by atoms with van der Waals surface area (Å²) in [5.74, 6) is -6.67. The molecule has 0 heterocycles. The first-order chi connectivity index (χ1) is 15.9. The number of carboxylic acid groups (broad SMARTS) is 8. The Morgan fingerprint density at radius 3 is 0.250 bits per heavy atom. The van der Waals surface area contributed by atoms with Crippen LogP contribution in [0, 0.1) is 0 Å². The van der Waals surface area contributed by atoms with E-state index in [1.807, 2.05) is 27.7 Å². The van der Waals surface area contributed by atoms with Crippen molar-refractivity contribution in [2.45, 2.75) is 83.1 Å². The second kappa shape index (κ2) is 69.8. The monoisotopic (exact) mass is 540 g/mol. The highest BCUT2D eigenvalue weighted by atomic mass is 16.4. The van der Waals surface area contributed by atoms with Gasteiger partial charge in [-0.15, -0.1) is 0 Å². The zero-order valence-corrected chi connectivity index (χ0v) is 22.8. The Kier molecular flexibility index (Phi) is 123. The third-order valence-corrected chi connectivity index (χ3v) is 0. The molecule has 220 valence electrons. The van der Waals surface area contributed by atoms with Crippen LogP contribution in [0.3, 0.4) is 0 Å². The summed E-state index contributed by atoms with van der Waals surface area (Å²) in [6.07, 6.45) is 0. The molecule has 0 spiro atoms. The number of rotatable bonds is 0. The van der Waals surface area contributed by atoms with Crippen molar-refractivity contribution < 1.29 is 79.2 Å². The molecule has 0 amide bonds. The summed E-state index contributed by atoms with van der Waals surface area (Å²) in [6, 6.07) is 0. The molecule has 0 aliphatic rings. The van der Waals surface area contributed by atoms with Crippen LogP contribution in [-0.4, -0.2) is 88.6 Å².